The van der Waals surface area contributed by atoms with Gasteiger partial charge in [0.1, 0.15) is 11.8 Å². The normalized spacial score (nSPS) is 11.7. The maximum atomic E-state index is 12.2. The van der Waals surface area contributed by atoms with E-state index in [2.05, 4.69) is 15.8 Å². The highest BCUT2D eigenvalue weighted by molar-refractivity contribution is 14.1. The number of phenols is 1. The number of benzene rings is 2. The van der Waals surface area contributed by atoms with Gasteiger partial charge in [0.05, 0.1) is 29.9 Å². The van der Waals surface area contributed by atoms with Gasteiger partial charge in [-0.25, -0.2) is 5.43 Å². The van der Waals surface area contributed by atoms with E-state index in [0.29, 0.717) is 27.2 Å². The highest BCUT2D eigenvalue weighted by atomic mass is 127. The summed E-state index contributed by atoms with van der Waals surface area (Å²) in [6.45, 7) is 3.81. The number of nitrogens with zero attached hydrogens (tertiary/aromatic N) is 1. The molecule has 0 radical (unpaired) electrons. The van der Waals surface area contributed by atoms with E-state index < -0.39 is 11.9 Å². The van der Waals surface area contributed by atoms with E-state index in [1.807, 2.05) is 29.5 Å². The van der Waals surface area contributed by atoms with Gasteiger partial charge in [-0.3, -0.25) is 9.59 Å². The lowest BCUT2D eigenvalue weighted by molar-refractivity contribution is -0.128. The Kier molecular flexibility index (Phi) is 8.90. The first-order valence-corrected chi connectivity index (χ1v) is 10.3. The van der Waals surface area contributed by atoms with Crippen molar-refractivity contribution in [2.75, 3.05) is 13.7 Å². The van der Waals surface area contributed by atoms with Gasteiger partial charge >= 0.3 is 0 Å². The van der Waals surface area contributed by atoms with Crippen molar-refractivity contribution in [3.8, 4) is 17.2 Å². The largest absolute Gasteiger partial charge is 0.504 e. The van der Waals surface area contributed by atoms with E-state index in [0.717, 1.165) is 5.56 Å². The first-order chi connectivity index (χ1) is 14.3. The van der Waals surface area contributed by atoms with Gasteiger partial charge in [-0.1, -0.05) is 12.1 Å². The summed E-state index contributed by atoms with van der Waals surface area (Å²) in [5, 5.41) is 16.5. The van der Waals surface area contributed by atoms with Crippen molar-refractivity contribution in [1.82, 2.24) is 10.7 Å². The molecule has 0 fully saturated rings. The number of halogens is 1. The van der Waals surface area contributed by atoms with Crippen molar-refractivity contribution in [3.63, 3.8) is 0 Å². The average Bonchev–Trinajstić information content (AvgIpc) is 2.72. The Hall–Kier alpha value is -2.82. The van der Waals surface area contributed by atoms with E-state index in [1.165, 1.54) is 6.21 Å². The van der Waals surface area contributed by atoms with Crippen LogP contribution in [0, 0.1) is 3.57 Å². The van der Waals surface area contributed by atoms with Crippen molar-refractivity contribution in [1.29, 1.82) is 0 Å². The zero-order chi connectivity index (χ0) is 22.1. The van der Waals surface area contributed by atoms with Crippen LogP contribution in [0.15, 0.2) is 41.5 Å². The standard InChI is InChI=1S/C21H24IN3O5/c1-4-30-18-10-15(9-17(22)20(18)27)12-23-25-21(28)13(2)24-19(26)11-14-5-7-16(29-3)8-6-14/h5-10,12-13,27H,4,11H2,1-3H3,(H,24,26)(H,25,28)/b23-12+. The van der Waals surface area contributed by atoms with Gasteiger partial charge in [0.15, 0.2) is 11.5 Å². The van der Waals surface area contributed by atoms with Crippen molar-refractivity contribution < 1.29 is 24.2 Å². The molecular formula is C21H24IN3O5. The van der Waals surface area contributed by atoms with Gasteiger partial charge in [-0.05, 0) is 71.8 Å². The smallest absolute Gasteiger partial charge is 0.262 e. The zero-order valence-electron chi connectivity index (χ0n) is 16.9. The number of aromatic hydroxyl groups is 1. The monoisotopic (exact) mass is 525 g/mol. The molecule has 8 nitrogen and oxygen atoms in total. The summed E-state index contributed by atoms with van der Waals surface area (Å²) >= 11 is 1.98. The molecule has 1 unspecified atom stereocenters. The van der Waals surface area contributed by atoms with Crippen molar-refractivity contribution >= 4 is 40.6 Å². The number of carbonyl (C=O) groups excluding carboxylic acids is 2. The molecule has 3 N–H and O–H groups in total. The van der Waals surface area contributed by atoms with Gasteiger partial charge in [0.2, 0.25) is 5.91 Å². The van der Waals surface area contributed by atoms with Crippen LogP contribution in [0.25, 0.3) is 0 Å². The number of phenolic OH excluding ortho intramolecular Hbond substituents is 1. The summed E-state index contributed by atoms with van der Waals surface area (Å²) in [5.41, 5.74) is 3.86. The maximum absolute atomic E-state index is 12.2. The number of carbonyl (C=O) groups is 2. The highest BCUT2D eigenvalue weighted by Crippen LogP contribution is 2.32. The predicted octanol–water partition coefficient (Wildman–Crippen LogP) is 2.60. The molecule has 0 aliphatic rings. The molecule has 0 spiro atoms. The third-order valence-corrected chi connectivity index (χ3v) is 4.86. The summed E-state index contributed by atoms with van der Waals surface area (Å²) in [6.07, 6.45) is 1.59. The second kappa shape index (κ2) is 11.4. The summed E-state index contributed by atoms with van der Waals surface area (Å²) in [6, 6.07) is 9.70. The van der Waals surface area contributed by atoms with Gasteiger partial charge in [-0.15, -0.1) is 0 Å². The first kappa shape index (κ1) is 23.5. The number of hydrazone groups is 1. The number of methoxy groups -OCH3 is 1. The topological polar surface area (TPSA) is 109 Å². The minimum absolute atomic E-state index is 0.0619. The minimum atomic E-state index is -0.758. The minimum Gasteiger partial charge on any atom is -0.504 e. The summed E-state index contributed by atoms with van der Waals surface area (Å²) in [7, 11) is 1.57. The summed E-state index contributed by atoms with van der Waals surface area (Å²) < 4.78 is 11.1. The molecule has 9 heteroatoms. The van der Waals surface area contributed by atoms with Crippen LogP contribution >= 0.6 is 22.6 Å². The maximum Gasteiger partial charge on any atom is 0.262 e. The van der Waals surface area contributed by atoms with Crippen LogP contribution < -0.4 is 20.2 Å². The van der Waals surface area contributed by atoms with Gasteiger partial charge in [0.25, 0.3) is 5.91 Å². The Balaban J connectivity index is 1.88. The van der Waals surface area contributed by atoms with Crippen molar-refractivity contribution in [2.45, 2.75) is 26.3 Å². The Labute approximate surface area is 188 Å². The number of hydrogen-bond acceptors (Lipinski definition) is 6. The van der Waals surface area contributed by atoms with Crippen LogP contribution in [0.2, 0.25) is 0 Å². The van der Waals surface area contributed by atoms with E-state index in [9.17, 15) is 14.7 Å². The number of amides is 2. The van der Waals surface area contributed by atoms with E-state index in [4.69, 9.17) is 9.47 Å². The number of rotatable bonds is 9. The van der Waals surface area contributed by atoms with E-state index in [1.54, 1.807) is 50.4 Å². The lowest BCUT2D eigenvalue weighted by Gasteiger charge is -2.12. The second-order valence-corrected chi connectivity index (χ2v) is 7.49. The zero-order valence-corrected chi connectivity index (χ0v) is 19.1. The third kappa shape index (κ3) is 6.90. The first-order valence-electron chi connectivity index (χ1n) is 9.24. The molecule has 30 heavy (non-hydrogen) atoms. The molecule has 0 saturated heterocycles. The second-order valence-electron chi connectivity index (χ2n) is 6.33. The fourth-order valence-electron chi connectivity index (χ4n) is 2.49. The van der Waals surface area contributed by atoms with Crippen molar-refractivity contribution in [3.05, 3.63) is 51.1 Å². The molecular weight excluding hydrogens is 501 g/mol. The summed E-state index contributed by atoms with van der Waals surface area (Å²) in [4.78, 5) is 24.3. The molecule has 160 valence electrons. The van der Waals surface area contributed by atoms with Gasteiger partial charge in [-0.2, -0.15) is 5.10 Å². The fourth-order valence-corrected chi connectivity index (χ4v) is 3.11. The van der Waals surface area contributed by atoms with Crippen LogP contribution in [0.3, 0.4) is 0 Å². The molecule has 2 rings (SSSR count). The van der Waals surface area contributed by atoms with Crippen LogP contribution in [-0.4, -0.2) is 42.9 Å². The molecule has 0 aliphatic heterocycles. The third-order valence-electron chi connectivity index (χ3n) is 4.03. The lowest BCUT2D eigenvalue weighted by atomic mass is 10.1. The molecule has 0 aromatic heterocycles. The number of ether oxygens (including phenoxy) is 2. The Morgan fingerprint density at radius 3 is 2.60 bits per heavy atom. The highest BCUT2D eigenvalue weighted by Gasteiger charge is 2.15. The van der Waals surface area contributed by atoms with Crippen LogP contribution in [0.1, 0.15) is 25.0 Å². The quantitative estimate of drug-likeness (QED) is 0.265. The van der Waals surface area contributed by atoms with Crippen molar-refractivity contribution in [2.24, 2.45) is 5.10 Å². The van der Waals surface area contributed by atoms with Gasteiger partial charge in [0, 0.05) is 0 Å². The molecule has 2 aromatic rings. The number of hydrogen-bond donors (Lipinski definition) is 3. The lowest BCUT2D eigenvalue weighted by Crippen LogP contribution is -2.43. The molecule has 0 heterocycles. The molecule has 1 atom stereocenters. The molecule has 0 bridgehead atoms. The number of nitrogens with one attached hydrogen (secondary N) is 2. The SMILES string of the molecule is CCOc1cc(/C=N/NC(=O)C(C)NC(=O)Cc2ccc(OC)cc2)cc(I)c1O. The summed E-state index contributed by atoms with van der Waals surface area (Å²) in [5.74, 6) is 0.388. The fraction of sp³-hybridized carbons (Fsp3) is 0.286. The van der Waals surface area contributed by atoms with E-state index in [-0.39, 0.29) is 18.1 Å². The molecule has 2 aromatic carbocycles. The van der Waals surface area contributed by atoms with Gasteiger partial charge < -0.3 is 19.9 Å². The van der Waals surface area contributed by atoms with E-state index >= 15 is 0 Å². The average molecular weight is 525 g/mol. The van der Waals surface area contributed by atoms with Crippen LogP contribution in [0.5, 0.6) is 17.2 Å². The van der Waals surface area contributed by atoms with Crippen LogP contribution in [0.4, 0.5) is 0 Å². The predicted molar refractivity (Wildman–Crippen MR) is 122 cm³/mol. The van der Waals surface area contributed by atoms with Crippen LogP contribution in [-0.2, 0) is 16.0 Å². The Morgan fingerprint density at radius 2 is 1.97 bits per heavy atom. The molecule has 0 aliphatic carbocycles. The Morgan fingerprint density at radius 1 is 1.27 bits per heavy atom. The molecule has 0 saturated carbocycles. The Bertz CT molecular complexity index is 916. The molecule has 2 amide bonds.